The molecule has 2 aliphatic rings. The average molecular weight is 369 g/mol. The molecule has 7 heteroatoms. The molecule has 1 fully saturated rings. The fourth-order valence-corrected chi connectivity index (χ4v) is 3.50. The standard InChI is InChI=1S/C18H21ClO6/c1-9-6-15-14(25-15)5-3-2-4-10(20)7-11-16(18(23)24-9)12(21)8-13(22)17(11)19/h8-9,14-15,21-22H,2-7H2,1H3/t9-,14-,15?/m1/s1. The summed E-state index contributed by atoms with van der Waals surface area (Å²) in [5, 5.41) is 19.8. The maximum absolute atomic E-state index is 12.5. The van der Waals surface area contributed by atoms with Crippen molar-refractivity contribution in [2.75, 3.05) is 0 Å². The number of rotatable bonds is 0. The fourth-order valence-electron chi connectivity index (χ4n) is 3.29. The molecule has 0 spiro atoms. The van der Waals surface area contributed by atoms with Crippen molar-refractivity contribution in [2.45, 2.75) is 63.8 Å². The monoisotopic (exact) mass is 368 g/mol. The van der Waals surface area contributed by atoms with Crippen LogP contribution in [0.4, 0.5) is 0 Å². The highest BCUT2D eigenvalue weighted by Gasteiger charge is 2.40. The van der Waals surface area contributed by atoms with E-state index in [9.17, 15) is 19.8 Å². The summed E-state index contributed by atoms with van der Waals surface area (Å²) >= 11 is 6.09. The predicted octanol–water partition coefficient (Wildman–Crippen LogP) is 3.14. The summed E-state index contributed by atoms with van der Waals surface area (Å²) in [4.78, 5) is 24.8. The molecule has 0 aromatic heterocycles. The van der Waals surface area contributed by atoms with E-state index in [1.807, 2.05) is 0 Å². The van der Waals surface area contributed by atoms with Gasteiger partial charge in [-0.15, -0.1) is 0 Å². The molecule has 1 saturated heterocycles. The molecule has 3 atom stereocenters. The minimum absolute atomic E-state index is 0.0675. The SMILES string of the molecule is C[C@@H]1CC2O[C@@H]2CCCCC(=O)Cc2c(Cl)c(O)cc(O)c2C(=O)O1. The molecule has 1 aromatic rings. The Hall–Kier alpha value is -1.79. The lowest BCUT2D eigenvalue weighted by molar-refractivity contribution is -0.118. The minimum atomic E-state index is -0.760. The number of phenols is 2. The van der Waals surface area contributed by atoms with E-state index < -0.39 is 17.8 Å². The van der Waals surface area contributed by atoms with Crippen molar-refractivity contribution in [3.63, 3.8) is 0 Å². The topological polar surface area (TPSA) is 96.4 Å². The van der Waals surface area contributed by atoms with Crippen molar-refractivity contribution in [3.05, 3.63) is 22.2 Å². The Morgan fingerprint density at radius 2 is 1.92 bits per heavy atom. The van der Waals surface area contributed by atoms with Gasteiger partial charge in [-0.2, -0.15) is 0 Å². The van der Waals surface area contributed by atoms with Crippen molar-refractivity contribution < 1.29 is 29.3 Å². The van der Waals surface area contributed by atoms with E-state index in [1.54, 1.807) is 6.92 Å². The van der Waals surface area contributed by atoms with E-state index in [0.717, 1.165) is 25.3 Å². The van der Waals surface area contributed by atoms with E-state index in [2.05, 4.69) is 0 Å². The number of benzene rings is 1. The van der Waals surface area contributed by atoms with Crippen LogP contribution in [0.2, 0.25) is 5.02 Å². The number of ether oxygens (including phenoxy) is 2. The summed E-state index contributed by atoms with van der Waals surface area (Å²) in [6, 6.07) is 0.987. The third-order valence-electron chi connectivity index (χ3n) is 4.65. The van der Waals surface area contributed by atoms with Crippen LogP contribution in [0.5, 0.6) is 11.5 Å². The highest BCUT2D eigenvalue weighted by Crippen LogP contribution is 2.38. The number of esters is 1. The first-order valence-corrected chi connectivity index (χ1v) is 8.86. The Morgan fingerprint density at radius 1 is 1.16 bits per heavy atom. The highest BCUT2D eigenvalue weighted by molar-refractivity contribution is 6.33. The van der Waals surface area contributed by atoms with E-state index in [-0.39, 0.29) is 46.3 Å². The van der Waals surface area contributed by atoms with Crippen LogP contribution in [0.25, 0.3) is 0 Å². The summed E-state index contributed by atoms with van der Waals surface area (Å²) < 4.78 is 11.0. The van der Waals surface area contributed by atoms with Gasteiger partial charge in [0, 0.05) is 30.9 Å². The number of hydrogen-bond acceptors (Lipinski definition) is 6. The number of halogens is 1. The summed E-state index contributed by atoms with van der Waals surface area (Å²) in [6.45, 7) is 1.76. The van der Waals surface area contributed by atoms with Crippen LogP contribution in [0.15, 0.2) is 6.07 Å². The van der Waals surface area contributed by atoms with Crippen LogP contribution in [0.3, 0.4) is 0 Å². The highest BCUT2D eigenvalue weighted by atomic mass is 35.5. The maximum Gasteiger partial charge on any atom is 0.342 e. The van der Waals surface area contributed by atoms with Gasteiger partial charge in [0.2, 0.25) is 0 Å². The molecule has 25 heavy (non-hydrogen) atoms. The Balaban J connectivity index is 1.93. The number of Topliss-reactive ketones (excluding diaryl/α,β-unsaturated/α-hetero) is 1. The molecule has 6 nitrogen and oxygen atoms in total. The molecule has 1 aromatic carbocycles. The van der Waals surface area contributed by atoms with E-state index in [1.165, 1.54) is 0 Å². The summed E-state index contributed by atoms with van der Waals surface area (Å²) in [5.74, 6) is -1.69. The molecule has 0 aliphatic carbocycles. The lowest BCUT2D eigenvalue weighted by Crippen LogP contribution is -2.20. The second-order valence-corrected chi connectivity index (χ2v) is 7.09. The summed E-state index contributed by atoms with van der Waals surface area (Å²) in [6.07, 6.45) is 3.12. The molecule has 0 radical (unpaired) electrons. The van der Waals surface area contributed by atoms with Crippen molar-refractivity contribution in [1.29, 1.82) is 0 Å². The number of aromatic hydroxyl groups is 2. The second kappa shape index (κ2) is 7.22. The van der Waals surface area contributed by atoms with Gasteiger partial charge in [-0.05, 0) is 19.8 Å². The molecule has 3 rings (SSSR count). The third-order valence-corrected chi connectivity index (χ3v) is 5.08. The van der Waals surface area contributed by atoms with E-state index >= 15 is 0 Å². The first-order chi connectivity index (χ1) is 11.9. The van der Waals surface area contributed by atoms with Gasteiger partial charge in [0.1, 0.15) is 28.9 Å². The number of cyclic esters (lactones) is 1. The molecular weight excluding hydrogens is 348 g/mol. The predicted molar refractivity (Wildman–Crippen MR) is 90.1 cm³/mol. The van der Waals surface area contributed by atoms with Crippen molar-refractivity contribution >= 4 is 23.4 Å². The number of fused-ring (bicyclic) bond motifs is 2. The van der Waals surface area contributed by atoms with Crippen molar-refractivity contribution in [2.24, 2.45) is 0 Å². The van der Waals surface area contributed by atoms with Gasteiger partial charge in [-0.3, -0.25) is 4.79 Å². The zero-order chi connectivity index (χ0) is 18.1. The van der Waals surface area contributed by atoms with Gasteiger partial charge in [0.15, 0.2) is 0 Å². The Bertz CT molecular complexity index is 701. The smallest absolute Gasteiger partial charge is 0.342 e. The molecule has 0 saturated carbocycles. The lowest BCUT2D eigenvalue weighted by Gasteiger charge is -2.17. The molecule has 0 bridgehead atoms. The molecule has 2 N–H and O–H groups in total. The van der Waals surface area contributed by atoms with Gasteiger partial charge in [0.25, 0.3) is 0 Å². The number of hydrogen-bond donors (Lipinski definition) is 2. The van der Waals surface area contributed by atoms with Crippen LogP contribution in [-0.2, 0) is 20.7 Å². The normalized spacial score (nSPS) is 27.7. The van der Waals surface area contributed by atoms with E-state index in [4.69, 9.17) is 21.1 Å². The van der Waals surface area contributed by atoms with E-state index in [0.29, 0.717) is 12.8 Å². The number of epoxide rings is 1. The van der Waals surface area contributed by atoms with Crippen molar-refractivity contribution in [3.8, 4) is 11.5 Å². The quantitative estimate of drug-likeness (QED) is 0.539. The first-order valence-electron chi connectivity index (χ1n) is 8.48. The summed E-state index contributed by atoms with van der Waals surface area (Å²) in [7, 11) is 0. The molecule has 0 amide bonds. The Kier molecular flexibility index (Phi) is 5.20. The lowest BCUT2D eigenvalue weighted by atomic mass is 9.97. The molecule has 2 heterocycles. The third kappa shape index (κ3) is 4.07. The van der Waals surface area contributed by atoms with Gasteiger partial charge in [-0.25, -0.2) is 4.79 Å². The summed E-state index contributed by atoms with van der Waals surface area (Å²) in [5.41, 5.74) is -0.0488. The van der Waals surface area contributed by atoms with Crippen LogP contribution in [0.1, 0.15) is 54.9 Å². The number of carbonyl (C=O) groups is 2. The zero-order valence-electron chi connectivity index (χ0n) is 14.0. The largest absolute Gasteiger partial charge is 0.507 e. The van der Waals surface area contributed by atoms with Crippen LogP contribution in [0, 0.1) is 0 Å². The first kappa shape index (κ1) is 18.0. The Labute approximate surface area is 150 Å². The molecular formula is C18H21ClO6. The molecule has 136 valence electrons. The zero-order valence-corrected chi connectivity index (χ0v) is 14.7. The van der Waals surface area contributed by atoms with Crippen molar-refractivity contribution in [1.82, 2.24) is 0 Å². The molecule has 2 aliphatic heterocycles. The molecule has 1 unspecified atom stereocenters. The number of ketones is 1. The van der Waals surface area contributed by atoms with Crippen LogP contribution < -0.4 is 0 Å². The van der Waals surface area contributed by atoms with Gasteiger partial charge >= 0.3 is 5.97 Å². The number of phenolic OH excluding ortho intramolecular Hbond substituents is 2. The maximum atomic E-state index is 12.5. The second-order valence-electron chi connectivity index (χ2n) is 6.71. The van der Waals surface area contributed by atoms with Gasteiger partial charge in [-0.1, -0.05) is 18.0 Å². The van der Waals surface area contributed by atoms with Gasteiger partial charge in [0.05, 0.1) is 17.2 Å². The fraction of sp³-hybridized carbons (Fsp3) is 0.556. The number of carbonyl (C=O) groups excluding carboxylic acids is 2. The Morgan fingerprint density at radius 3 is 2.68 bits per heavy atom. The average Bonchev–Trinajstić information content (AvgIpc) is 3.25. The van der Waals surface area contributed by atoms with Crippen LogP contribution in [-0.4, -0.2) is 40.3 Å². The van der Waals surface area contributed by atoms with Crippen LogP contribution >= 0.6 is 11.6 Å². The minimum Gasteiger partial charge on any atom is -0.507 e. The van der Waals surface area contributed by atoms with Gasteiger partial charge < -0.3 is 19.7 Å².